The number of quaternary nitrogens is 2. The molecule has 11 heteroatoms. The fraction of sp³-hybridized carbons (Fsp3) is 0.714. The summed E-state index contributed by atoms with van der Waals surface area (Å²) in [7, 11) is -4.81. The summed E-state index contributed by atoms with van der Waals surface area (Å²) in [5, 5.41) is 2.74. The van der Waals surface area contributed by atoms with Gasteiger partial charge in [0.25, 0.3) is 0 Å². The van der Waals surface area contributed by atoms with Crippen molar-refractivity contribution in [3.63, 3.8) is 0 Å². The van der Waals surface area contributed by atoms with Crippen molar-refractivity contribution >= 4 is 19.5 Å². The Balaban J connectivity index is 0. The summed E-state index contributed by atoms with van der Waals surface area (Å²) in [5.41, 5.74) is 10.9. The molecule has 0 saturated heterocycles. The van der Waals surface area contributed by atoms with Crippen molar-refractivity contribution in [2.24, 2.45) is 28.3 Å². The van der Waals surface area contributed by atoms with Crippen molar-refractivity contribution in [1.29, 1.82) is 0 Å². The third-order valence-corrected chi connectivity index (χ3v) is 5.36. The molecule has 10 nitrogen and oxygen atoms in total. The maximum absolute atomic E-state index is 11.5. The fourth-order valence-corrected chi connectivity index (χ4v) is 3.72. The number of carbonyl (C=O) groups excluding carboxylic acids is 1. The van der Waals surface area contributed by atoms with Gasteiger partial charge < -0.3 is 43.4 Å². The lowest BCUT2D eigenvalue weighted by atomic mass is 9.77. The van der Waals surface area contributed by atoms with Gasteiger partial charge in [-0.2, -0.15) is 0 Å². The van der Waals surface area contributed by atoms with Gasteiger partial charge in [-0.3, -0.25) is 4.79 Å². The van der Waals surface area contributed by atoms with E-state index in [9.17, 15) is 19.1 Å². The maximum Gasteiger partial charge on any atom is 0.217 e. The first-order valence-electron chi connectivity index (χ1n) is 7.63. The Kier molecular flexibility index (Phi) is 10.9. The van der Waals surface area contributed by atoms with Crippen molar-refractivity contribution in [2.75, 3.05) is 0 Å². The molecule has 0 aromatic carbocycles. The van der Waals surface area contributed by atoms with Crippen molar-refractivity contribution in [2.45, 2.75) is 52.1 Å². The van der Waals surface area contributed by atoms with E-state index in [0.717, 1.165) is 6.42 Å². The number of hydrogen-bond donors (Lipinski definition) is 5. The molecule has 148 valence electrons. The molecule has 0 aromatic heterocycles. The third-order valence-electron chi connectivity index (χ3n) is 4.29. The lowest BCUT2D eigenvalue weighted by Gasteiger charge is -2.42. The number of allylic oxidation sites excluding steroid dienone is 1. The van der Waals surface area contributed by atoms with Crippen LogP contribution in [0.3, 0.4) is 0 Å². The molecule has 0 radical (unpaired) electrons. The summed E-state index contributed by atoms with van der Waals surface area (Å²) in [4.78, 5) is 38.2. The second-order valence-electron chi connectivity index (χ2n) is 6.03. The quantitative estimate of drug-likeness (QED) is 0.244. The van der Waals surface area contributed by atoms with Gasteiger partial charge in [0.05, 0.1) is 6.04 Å². The zero-order valence-corrected chi connectivity index (χ0v) is 16.6. The number of carbonyl (C=O) groups is 1. The molecule has 1 rings (SSSR count). The second-order valence-corrected chi connectivity index (χ2v) is 7.60. The minimum atomic E-state index is -4.81. The first-order chi connectivity index (χ1) is 10.6. The van der Waals surface area contributed by atoms with Gasteiger partial charge in [0.15, 0.2) is 5.96 Å². The summed E-state index contributed by atoms with van der Waals surface area (Å²) < 4.78 is 11.3. The van der Waals surface area contributed by atoms with Crippen LogP contribution >= 0.6 is 7.60 Å². The maximum atomic E-state index is 11.5. The fourth-order valence-electron chi connectivity index (χ4n) is 2.98. The standard InChI is InChI=1S/C14H27N4O4P.2H3N/c1-4-8(2)13(17-9(3)19)11-6-5-10(23(20,21)22)7-12(11)18-14(15)16;;/h5,8,11-13H,4,6-7H2,1-3H3,(H,17,19)(H4,15,16,18)(H2,20,21,22);2*1H3/t8?,11-,12-,13-;;/m0../s1. The lowest BCUT2D eigenvalue weighted by Crippen LogP contribution is -2.49. The van der Waals surface area contributed by atoms with E-state index in [1.54, 1.807) is 0 Å². The molecule has 0 aromatic rings. The summed E-state index contributed by atoms with van der Waals surface area (Å²) in [6.07, 6.45) is 2.54. The summed E-state index contributed by atoms with van der Waals surface area (Å²) >= 11 is 0. The van der Waals surface area contributed by atoms with Crippen LogP contribution in [0.4, 0.5) is 0 Å². The van der Waals surface area contributed by atoms with E-state index < -0.39 is 13.6 Å². The van der Waals surface area contributed by atoms with Crippen molar-refractivity contribution in [1.82, 2.24) is 17.6 Å². The lowest BCUT2D eigenvalue weighted by molar-refractivity contribution is -0.310. The van der Waals surface area contributed by atoms with Gasteiger partial charge >= 0.3 is 0 Å². The highest BCUT2D eigenvalue weighted by molar-refractivity contribution is 7.53. The third kappa shape index (κ3) is 7.54. The predicted octanol–water partition coefficient (Wildman–Crippen LogP) is 0.139. The zero-order chi connectivity index (χ0) is 17.8. The topological polar surface area (TPSA) is 230 Å². The number of nitrogens with one attached hydrogen (secondary N) is 1. The molecule has 25 heavy (non-hydrogen) atoms. The van der Waals surface area contributed by atoms with Crippen molar-refractivity contribution in [3.8, 4) is 0 Å². The van der Waals surface area contributed by atoms with E-state index in [-0.39, 0.29) is 53.8 Å². The van der Waals surface area contributed by atoms with Crippen LogP contribution in [-0.4, -0.2) is 24.0 Å². The monoisotopic (exact) mass is 380 g/mol. The van der Waals surface area contributed by atoms with Crippen LogP contribution in [0.15, 0.2) is 16.4 Å². The van der Waals surface area contributed by atoms with Gasteiger partial charge in [-0.15, -0.1) is 0 Å². The molecule has 0 saturated carbocycles. The van der Waals surface area contributed by atoms with Crippen LogP contribution in [0.2, 0.25) is 0 Å². The van der Waals surface area contributed by atoms with E-state index in [1.165, 1.54) is 13.0 Å². The number of aliphatic imine (C=N–C) groups is 1. The zero-order valence-electron chi connectivity index (χ0n) is 15.7. The molecule has 1 aliphatic rings. The molecule has 0 fully saturated rings. The molecule has 13 N–H and O–H groups in total. The highest BCUT2D eigenvalue weighted by Crippen LogP contribution is 2.45. The minimum absolute atomic E-state index is 0. The molecule has 0 bridgehead atoms. The van der Waals surface area contributed by atoms with Gasteiger partial charge in [0, 0.05) is 18.9 Å². The Hall–Kier alpha value is -1.45. The molecule has 1 amide bonds. The van der Waals surface area contributed by atoms with Crippen LogP contribution in [-0.2, 0) is 9.36 Å². The second kappa shape index (κ2) is 10.5. The van der Waals surface area contributed by atoms with Gasteiger partial charge in [-0.05, 0) is 31.7 Å². The summed E-state index contributed by atoms with van der Waals surface area (Å²) in [6, 6.07) is -0.761. The normalized spacial score (nSPS) is 22.4. The van der Waals surface area contributed by atoms with Crippen LogP contribution in [0.1, 0.15) is 40.0 Å². The van der Waals surface area contributed by atoms with Crippen LogP contribution in [0.5, 0.6) is 0 Å². The molecule has 0 heterocycles. The summed E-state index contributed by atoms with van der Waals surface area (Å²) in [5.74, 6) is -0.362. The number of nitrogens with zero attached hydrogens (tertiary/aromatic N) is 1. The number of amides is 1. The Morgan fingerprint density at radius 3 is 2.40 bits per heavy atom. The average molecular weight is 380 g/mol. The van der Waals surface area contributed by atoms with Gasteiger partial charge in [0.1, 0.15) is 0 Å². The van der Waals surface area contributed by atoms with Crippen molar-refractivity contribution in [3.05, 3.63) is 11.4 Å². The van der Waals surface area contributed by atoms with E-state index in [1.807, 2.05) is 13.8 Å². The Labute approximate surface area is 148 Å². The van der Waals surface area contributed by atoms with Gasteiger partial charge in [-0.1, -0.05) is 26.3 Å². The SMILES string of the molecule is CCC(C)[C@H](NC(C)=O)[C@H]1CC=C(P(=O)([O-])[O-])C[C@@H]1N=C(N)N.[NH4+].[NH4+]. The number of hydrogen-bond acceptors (Lipinski definition) is 5. The Bertz CT molecular complexity index is 543. The Morgan fingerprint density at radius 1 is 1.44 bits per heavy atom. The van der Waals surface area contributed by atoms with Gasteiger partial charge in [-0.25, -0.2) is 4.99 Å². The average Bonchev–Trinajstić information content (AvgIpc) is 2.42. The van der Waals surface area contributed by atoms with E-state index in [2.05, 4.69) is 10.3 Å². The molecule has 1 unspecified atom stereocenters. The van der Waals surface area contributed by atoms with Crippen LogP contribution in [0, 0.1) is 11.8 Å². The molecule has 0 spiro atoms. The summed E-state index contributed by atoms with van der Waals surface area (Å²) in [6.45, 7) is 5.43. The highest BCUT2D eigenvalue weighted by Gasteiger charge is 2.35. The predicted molar refractivity (Wildman–Crippen MR) is 97.0 cm³/mol. The largest absolute Gasteiger partial charge is 0.808 e. The number of guanidine groups is 1. The minimum Gasteiger partial charge on any atom is -0.808 e. The molecular formula is C14H33N6O4P. The number of rotatable bonds is 6. The highest BCUT2D eigenvalue weighted by atomic mass is 31.2. The Morgan fingerprint density at radius 2 is 2.00 bits per heavy atom. The van der Waals surface area contributed by atoms with E-state index >= 15 is 0 Å². The van der Waals surface area contributed by atoms with Gasteiger partial charge in [0.2, 0.25) is 5.91 Å². The molecule has 1 aliphatic carbocycles. The number of nitrogens with two attached hydrogens (primary N) is 2. The van der Waals surface area contributed by atoms with Crippen LogP contribution < -0.4 is 38.9 Å². The van der Waals surface area contributed by atoms with Crippen molar-refractivity contribution < 1.29 is 19.1 Å². The molecular weight excluding hydrogens is 347 g/mol. The molecule has 4 atom stereocenters. The smallest absolute Gasteiger partial charge is 0.217 e. The van der Waals surface area contributed by atoms with E-state index in [4.69, 9.17) is 11.5 Å². The first kappa shape index (κ1) is 25.8. The first-order valence-corrected chi connectivity index (χ1v) is 9.18. The van der Waals surface area contributed by atoms with E-state index in [0.29, 0.717) is 6.42 Å². The molecule has 0 aliphatic heterocycles. The van der Waals surface area contributed by atoms with Crippen LogP contribution in [0.25, 0.3) is 0 Å².